The van der Waals surface area contributed by atoms with E-state index in [1.807, 2.05) is 0 Å². The number of carbonyl (C=O) groups excluding carboxylic acids is 1. The van der Waals surface area contributed by atoms with Gasteiger partial charge in [0.1, 0.15) is 5.75 Å². The molecule has 0 aliphatic heterocycles. The lowest BCUT2D eigenvalue weighted by atomic mass is 10.1. The first kappa shape index (κ1) is 13.6. The van der Waals surface area contributed by atoms with Crippen LogP contribution < -0.4 is 4.74 Å². The normalized spacial score (nSPS) is 10.9. The highest BCUT2D eigenvalue weighted by Crippen LogP contribution is 2.31. The zero-order valence-electron chi connectivity index (χ0n) is 10.9. The number of hydrogen-bond acceptors (Lipinski definition) is 5. The van der Waals surface area contributed by atoms with E-state index in [-0.39, 0.29) is 0 Å². The summed E-state index contributed by atoms with van der Waals surface area (Å²) in [7, 11) is 2.78. The van der Waals surface area contributed by atoms with Crippen molar-refractivity contribution in [2.75, 3.05) is 14.2 Å². The fourth-order valence-corrected chi connectivity index (χ4v) is 1.97. The van der Waals surface area contributed by atoms with E-state index in [0.29, 0.717) is 27.8 Å². The molecule has 0 spiro atoms. The van der Waals surface area contributed by atoms with Gasteiger partial charge < -0.3 is 14.5 Å². The Hall–Kier alpha value is -2.83. The maximum Gasteiger partial charge on any atom is 0.338 e. The van der Waals surface area contributed by atoms with Gasteiger partial charge in [-0.3, -0.25) is 10.1 Å². The molecule has 1 aromatic carbocycles. The Kier molecular flexibility index (Phi) is 3.69. The highest BCUT2D eigenvalue weighted by atomic mass is 16.6. The second kappa shape index (κ2) is 5.43. The van der Waals surface area contributed by atoms with Crippen LogP contribution in [0.1, 0.15) is 15.9 Å². The summed E-state index contributed by atoms with van der Waals surface area (Å²) in [5.41, 5.74) is 1.40. The molecule has 2 rings (SSSR count). The van der Waals surface area contributed by atoms with Crippen molar-refractivity contribution in [3.8, 4) is 5.75 Å². The number of carbonyl (C=O) groups is 1. The Morgan fingerprint density at radius 2 is 2.15 bits per heavy atom. The number of aromatic amines is 1. The molecule has 0 aliphatic rings. The van der Waals surface area contributed by atoms with Crippen LogP contribution in [0.15, 0.2) is 24.5 Å². The molecule has 2 aromatic rings. The van der Waals surface area contributed by atoms with Crippen LogP contribution in [0.4, 0.5) is 0 Å². The van der Waals surface area contributed by atoms with Crippen molar-refractivity contribution in [3.05, 3.63) is 45.8 Å². The molecule has 104 valence electrons. The van der Waals surface area contributed by atoms with Gasteiger partial charge in [0.25, 0.3) is 0 Å². The van der Waals surface area contributed by atoms with Crippen LogP contribution in [-0.4, -0.2) is 30.1 Å². The van der Waals surface area contributed by atoms with Gasteiger partial charge in [0.15, 0.2) is 0 Å². The van der Waals surface area contributed by atoms with Gasteiger partial charge in [0.2, 0.25) is 6.20 Å². The molecule has 1 N–H and O–H groups in total. The minimum absolute atomic E-state index is 0.313. The van der Waals surface area contributed by atoms with Gasteiger partial charge in [-0.05, 0) is 12.1 Å². The molecule has 7 heteroatoms. The van der Waals surface area contributed by atoms with E-state index in [4.69, 9.17) is 9.47 Å². The zero-order chi connectivity index (χ0) is 14.7. The molecule has 0 saturated heterocycles. The summed E-state index contributed by atoms with van der Waals surface area (Å²) in [4.78, 5) is 24.6. The highest BCUT2D eigenvalue weighted by Gasteiger charge is 2.17. The quantitative estimate of drug-likeness (QED) is 0.525. The number of H-pyrrole nitrogens is 1. The summed E-state index contributed by atoms with van der Waals surface area (Å²) in [5, 5.41) is 10.9. The van der Waals surface area contributed by atoms with E-state index >= 15 is 0 Å². The molecule has 0 unspecified atom stereocenters. The molecule has 1 aromatic heterocycles. The molecule has 0 bridgehead atoms. The minimum atomic E-state index is -0.573. The predicted molar refractivity (Wildman–Crippen MR) is 72.2 cm³/mol. The van der Waals surface area contributed by atoms with Crippen LogP contribution in [0.25, 0.3) is 17.0 Å². The molecule has 0 saturated carbocycles. The molecule has 7 nitrogen and oxygen atoms in total. The smallest absolute Gasteiger partial charge is 0.338 e. The van der Waals surface area contributed by atoms with Crippen molar-refractivity contribution >= 4 is 22.9 Å². The number of ether oxygens (including phenoxy) is 2. The Morgan fingerprint density at radius 1 is 1.40 bits per heavy atom. The third kappa shape index (κ3) is 2.33. The summed E-state index contributed by atoms with van der Waals surface area (Å²) in [6.07, 6.45) is 3.69. The number of methoxy groups -OCH3 is 2. The lowest BCUT2D eigenvalue weighted by molar-refractivity contribution is -0.400. The van der Waals surface area contributed by atoms with Crippen LogP contribution in [0.5, 0.6) is 5.75 Å². The molecule has 1 heterocycles. The topological polar surface area (TPSA) is 94.5 Å². The standard InChI is InChI=1S/C13H12N2O5/c1-19-10-4-3-9(13(16)20-2)11-8(5-6-15(17)18)7-14-12(10)11/h3-7,14H,1-2H3. The van der Waals surface area contributed by atoms with Gasteiger partial charge in [0, 0.05) is 23.2 Å². The number of nitrogens with zero attached hydrogens (tertiary/aromatic N) is 1. The number of nitrogens with one attached hydrogen (secondary N) is 1. The molecule has 0 radical (unpaired) electrons. The summed E-state index contributed by atoms with van der Waals surface area (Å²) >= 11 is 0. The maximum absolute atomic E-state index is 11.8. The first-order valence-electron chi connectivity index (χ1n) is 5.66. The van der Waals surface area contributed by atoms with Crippen molar-refractivity contribution in [1.82, 2.24) is 4.98 Å². The Morgan fingerprint density at radius 3 is 2.75 bits per heavy atom. The van der Waals surface area contributed by atoms with Crippen LogP contribution in [0.3, 0.4) is 0 Å². The second-order valence-corrected chi connectivity index (χ2v) is 3.90. The minimum Gasteiger partial charge on any atom is -0.495 e. The number of rotatable bonds is 4. The SMILES string of the molecule is COC(=O)c1ccc(OC)c2[nH]cc(C=C[N+](=O)[O-])c12. The first-order valence-corrected chi connectivity index (χ1v) is 5.66. The van der Waals surface area contributed by atoms with Gasteiger partial charge in [-0.2, -0.15) is 0 Å². The monoisotopic (exact) mass is 276 g/mol. The molecule has 0 aliphatic carbocycles. The van der Waals surface area contributed by atoms with Crippen LogP contribution >= 0.6 is 0 Å². The average Bonchev–Trinajstić information content (AvgIpc) is 2.87. The first-order chi connectivity index (χ1) is 9.58. The van der Waals surface area contributed by atoms with Crippen molar-refractivity contribution in [2.24, 2.45) is 0 Å². The highest BCUT2D eigenvalue weighted by molar-refractivity contribution is 6.08. The van der Waals surface area contributed by atoms with Crippen LogP contribution in [-0.2, 0) is 4.74 Å². The lowest BCUT2D eigenvalue weighted by Gasteiger charge is -2.06. The van der Waals surface area contributed by atoms with Crippen molar-refractivity contribution in [3.63, 3.8) is 0 Å². The lowest BCUT2D eigenvalue weighted by Crippen LogP contribution is -2.02. The van der Waals surface area contributed by atoms with Crippen LogP contribution in [0, 0.1) is 10.1 Å². The number of hydrogen-bond donors (Lipinski definition) is 1. The van der Waals surface area contributed by atoms with Gasteiger partial charge in [-0.15, -0.1) is 0 Å². The molecule has 0 atom stereocenters. The number of benzene rings is 1. The number of aromatic nitrogens is 1. The maximum atomic E-state index is 11.8. The van der Waals surface area contributed by atoms with Crippen molar-refractivity contribution < 1.29 is 19.2 Å². The predicted octanol–water partition coefficient (Wildman–Crippen LogP) is 2.21. The molecule has 0 amide bonds. The van der Waals surface area contributed by atoms with E-state index in [9.17, 15) is 14.9 Å². The number of nitro groups is 1. The second-order valence-electron chi connectivity index (χ2n) is 3.90. The zero-order valence-corrected chi connectivity index (χ0v) is 10.9. The van der Waals surface area contributed by atoms with E-state index in [0.717, 1.165) is 6.20 Å². The van der Waals surface area contributed by atoms with Gasteiger partial charge in [0.05, 0.1) is 30.2 Å². The van der Waals surface area contributed by atoms with Gasteiger partial charge in [-0.25, -0.2) is 4.79 Å². The largest absolute Gasteiger partial charge is 0.495 e. The summed E-state index contributed by atoms with van der Waals surface area (Å²) in [5.74, 6) is 0.0152. The van der Waals surface area contributed by atoms with E-state index < -0.39 is 10.9 Å². The third-order valence-corrected chi connectivity index (χ3v) is 2.83. The number of esters is 1. The van der Waals surface area contributed by atoms with Crippen molar-refractivity contribution in [1.29, 1.82) is 0 Å². The molecule has 0 fully saturated rings. The Labute approximate surface area is 113 Å². The van der Waals surface area contributed by atoms with E-state index in [1.165, 1.54) is 20.3 Å². The average molecular weight is 276 g/mol. The summed E-state index contributed by atoms with van der Waals surface area (Å²) in [6, 6.07) is 3.19. The fourth-order valence-electron chi connectivity index (χ4n) is 1.97. The van der Waals surface area contributed by atoms with Gasteiger partial charge >= 0.3 is 5.97 Å². The van der Waals surface area contributed by atoms with E-state index in [1.54, 1.807) is 18.3 Å². The molecule has 20 heavy (non-hydrogen) atoms. The Bertz CT molecular complexity index is 702. The van der Waals surface area contributed by atoms with Crippen LogP contribution in [0.2, 0.25) is 0 Å². The molecular weight excluding hydrogens is 264 g/mol. The summed E-state index contributed by atoms with van der Waals surface area (Å²) in [6.45, 7) is 0. The van der Waals surface area contributed by atoms with E-state index in [2.05, 4.69) is 4.98 Å². The third-order valence-electron chi connectivity index (χ3n) is 2.83. The fraction of sp³-hybridized carbons (Fsp3) is 0.154. The van der Waals surface area contributed by atoms with Crippen molar-refractivity contribution in [2.45, 2.75) is 0 Å². The molecular formula is C13H12N2O5. The Balaban J connectivity index is 2.71. The summed E-state index contributed by atoms with van der Waals surface area (Å²) < 4.78 is 9.91. The number of fused-ring (bicyclic) bond motifs is 1. The van der Waals surface area contributed by atoms with Gasteiger partial charge in [-0.1, -0.05) is 0 Å².